The maximum Gasteiger partial charge on any atom is 0.328 e. The first-order valence-electron chi connectivity index (χ1n) is 6.42. The Kier molecular flexibility index (Phi) is 4.64. The van der Waals surface area contributed by atoms with Gasteiger partial charge in [0.2, 0.25) is 0 Å². The molecule has 1 aromatic rings. The number of hydrogen-bond donors (Lipinski definition) is 1. The Labute approximate surface area is 122 Å². The molecule has 7 heteroatoms. The van der Waals surface area contributed by atoms with Gasteiger partial charge in [0.05, 0.1) is 33.0 Å². The number of rotatable bonds is 4. The summed E-state index contributed by atoms with van der Waals surface area (Å²) in [5, 5.41) is 9.19. The molecule has 1 aliphatic rings. The van der Waals surface area contributed by atoms with Crippen LogP contribution in [0.4, 0.5) is 0 Å². The first-order chi connectivity index (χ1) is 10.1. The largest absolute Gasteiger partial charge is 0.497 e. The number of aliphatic carboxylic acids is 1. The van der Waals surface area contributed by atoms with E-state index in [1.54, 1.807) is 18.2 Å². The normalized spacial score (nSPS) is 18.2. The van der Waals surface area contributed by atoms with Gasteiger partial charge in [-0.3, -0.25) is 4.79 Å². The van der Waals surface area contributed by atoms with Crippen LogP contribution in [0.15, 0.2) is 18.2 Å². The van der Waals surface area contributed by atoms with Crippen LogP contribution in [-0.2, 0) is 9.53 Å². The molecule has 0 aromatic heterocycles. The lowest BCUT2D eigenvalue weighted by atomic mass is 10.1. The number of hydrogen-bond acceptors (Lipinski definition) is 5. The SMILES string of the molecule is COc1ccc(C(=O)N2CCOC[C@@H]2C(=O)O)c(OC)c1. The molecule has 0 unspecified atom stereocenters. The highest BCUT2D eigenvalue weighted by Crippen LogP contribution is 2.26. The molecule has 1 aliphatic heterocycles. The smallest absolute Gasteiger partial charge is 0.328 e. The molecule has 1 saturated heterocycles. The third kappa shape index (κ3) is 3.08. The molecule has 2 rings (SSSR count). The second kappa shape index (κ2) is 6.45. The van der Waals surface area contributed by atoms with Crippen molar-refractivity contribution >= 4 is 11.9 Å². The topological polar surface area (TPSA) is 85.3 Å². The third-order valence-electron chi connectivity index (χ3n) is 3.31. The second-order valence-electron chi connectivity index (χ2n) is 4.49. The van der Waals surface area contributed by atoms with Gasteiger partial charge < -0.3 is 24.2 Å². The molecule has 21 heavy (non-hydrogen) atoms. The molecule has 0 spiro atoms. The number of ether oxygens (including phenoxy) is 3. The lowest BCUT2D eigenvalue weighted by Crippen LogP contribution is -2.52. The average molecular weight is 295 g/mol. The average Bonchev–Trinajstić information content (AvgIpc) is 2.53. The highest BCUT2D eigenvalue weighted by Gasteiger charge is 2.34. The molecule has 1 N–H and O–H groups in total. The van der Waals surface area contributed by atoms with E-state index in [0.29, 0.717) is 23.7 Å². The van der Waals surface area contributed by atoms with Gasteiger partial charge in [0.15, 0.2) is 6.04 Å². The fourth-order valence-electron chi connectivity index (χ4n) is 2.18. The van der Waals surface area contributed by atoms with Gasteiger partial charge in [-0.15, -0.1) is 0 Å². The Hall–Kier alpha value is -2.28. The van der Waals surface area contributed by atoms with Crippen molar-refractivity contribution in [3.63, 3.8) is 0 Å². The molecule has 1 fully saturated rings. The quantitative estimate of drug-likeness (QED) is 0.877. The number of morpholine rings is 1. The molecular weight excluding hydrogens is 278 g/mol. The van der Waals surface area contributed by atoms with Gasteiger partial charge >= 0.3 is 5.97 Å². The van der Waals surface area contributed by atoms with Crippen molar-refractivity contribution in [2.45, 2.75) is 6.04 Å². The minimum absolute atomic E-state index is 0.0143. The van der Waals surface area contributed by atoms with Gasteiger partial charge in [0.25, 0.3) is 5.91 Å². The Morgan fingerprint density at radius 2 is 2.10 bits per heavy atom. The number of carboxylic acid groups (broad SMARTS) is 1. The van der Waals surface area contributed by atoms with Crippen LogP contribution < -0.4 is 9.47 Å². The van der Waals surface area contributed by atoms with Gasteiger partial charge in [0, 0.05) is 12.6 Å². The third-order valence-corrected chi connectivity index (χ3v) is 3.31. The van der Waals surface area contributed by atoms with E-state index in [1.807, 2.05) is 0 Å². The standard InChI is InChI=1S/C14H17NO6/c1-19-9-3-4-10(12(7-9)20-2)13(16)15-5-6-21-8-11(15)14(17)18/h3-4,7,11H,5-6,8H2,1-2H3,(H,17,18)/t11-/m1/s1. The lowest BCUT2D eigenvalue weighted by molar-refractivity contribution is -0.147. The number of carbonyl (C=O) groups is 2. The van der Waals surface area contributed by atoms with Crippen LogP contribution >= 0.6 is 0 Å². The van der Waals surface area contributed by atoms with Crippen molar-refractivity contribution in [1.29, 1.82) is 0 Å². The van der Waals surface area contributed by atoms with Crippen LogP contribution in [0, 0.1) is 0 Å². The van der Waals surface area contributed by atoms with Gasteiger partial charge in [-0.25, -0.2) is 4.79 Å². The molecular formula is C14H17NO6. The number of methoxy groups -OCH3 is 2. The summed E-state index contributed by atoms with van der Waals surface area (Å²) in [6, 6.07) is 3.79. The van der Waals surface area contributed by atoms with Crippen molar-refractivity contribution in [3.05, 3.63) is 23.8 Å². The van der Waals surface area contributed by atoms with E-state index < -0.39 is 17.9 Å². The van der Waals surface area contributed by atoms with Crippen molar-refractivity contribution in [2.75, 3.05) is 34.0 Å². The highest BCUT2D eigenvalue weighted by molar-refractivity contribution is 5.99. The van der Waals surface area contributed by atoms with Gasteiger partial charge in [-0.05, 0) is 12.1 Å². The summed E-state index contributed by atoms with van der Waals surface area (Å²) in [6.45, 7) is 0.526. The predicted molar refractivity (Wildman–Crippen MR) is 72.8 cm³/mol. The van der Waals surface area contributed by atoms with E-state index in [0.717, 1.165) is 0 Å². The summed E-state index contributed by atoms with van der Waals surface area (Å²) in [6.07, 6.45) is 0. The molecule has 0 radical (unpaired) electrons. The number of nitrogens with zero attached hydrogens (tertiary/aromatic N) is 1. The minimum atomic E-state index is -1.09. The van der Waals surface area contributed by atoms with Crippen LogP contribution in [-0.4, -0.2) is 61.9 Å². The molecule has 1 aromatic carbocycles. The van der Waals surface area contributed by atoms with Crippen LogP contribution in [0.1, 0.15) is 10.4 Å². The second-order valence-corrected chi connectivity index (χ2v) is 4.49. The molecule has 0 aliphatic carbocycles. The zero-order chi connectivity index (χ0) is 15.4. The Morgan fingerprint density at radius 3 is 2.71 bits per heavy atom. The molecule has 0 bridgehead atoms. The Morgan fingerprint density at radius 1 is 1.33 bits per heavy atom. The van der Waals surface area contributed by atoms with Gasteiger partial charge in [0.1, 0.15) is 11.5 Å². The zero-order valence-corrected chi connectivity index (χ0v) is 11.9. The van der Waals surface area contributed by atoms with Crippen LogP contribution in [0.5, 0.6) is 11.5 Å². The predicted octanol–water partition coefficient (Wildman–Crippen LogP) is 0.629. The summed E-state index contributed by atoms with van der Waals surface area (Å²) >= 11 is 0. The fraction of sp³-hybridized carbons (Fsp3) is 0.429. The summed E-state index contributed by atoms with van der Waals surface area (Å²) < 4.78 is 15.4. The molecule has 0 saturated carbocycles. The zero-order valence-electron chi connectivity index (χ0n) is 11.9. The maximum atomic E-state index is 12.6. The van der Waals surface area contributed by atoms with Crippen molar-refractivity contribution in [3.8, 4) is 11.5 Å². The number of carbonyl (C=O) groups excluding carboxylic acids is 1. The summed E-state index contributed by atoms with van der Waals surface area (Å²) in [5.41, 5.74) is 0.298. The van der Waals surface area contributed by atoms with E-state index in [4.69, 9.17) is 14.2 Å². The minimum Gasteiger partial charge on any atom is -0.497 e. The first-order valence-corrected chi connectivity index (χ1v) is 6.42. The number of carboxylic acids is 1. The van der Waals surface area contributed by atoms with Crippen LogP contribution in [0.25, 0.3) is 0 Å². The van der Waals surface area contributed by atoms with E-state index in [1.165, 1.54) is 19.1 Å². The van der Waals surface area contributed by atoms with Gasteiger partial charge in [-0.2, -0.15) is 0 Å². The highest BCUT2D eigenvalue weighted by atomic mass is 16.5. The molecule has 1 atom stereocenters. The van der Waals surface area contributed by atoms with Gasteiger partial charge in [-0.1, -0.05) is 0 Å². The monoisotopic (exact) mass is 295 g/mol. The van der Waals surface area contributed by atoms with Crippen molar-refractivity contribution in [2.24, 2.45) is 0 Å². The van der Waals surface area contributed by atoms with Crippen molar-refractivity contribution < 1.29 is 28.9 Å². The van der Waals surface area contributed by atoms with Crippen molar-refractivity contribution in [1.82, 2.24) is 4.90 Å². The van der Waals surface area contributed by atoms with Crippen LogP contribution in [0.3, 0.4) is 0 Å². The fourth-order valence-corrected chi connectivity index (χ4v) is 2.18. The summed E-state index contributed by atoms with van der Waals surface area (Å²) in [5.74, 6) is -0.587. The van der Waals surface area contributed by atoms with E-state index in [-0.39, 0.29) is 13.2 Å². The Balaban J connectivity index is 2.31. The summed E-state index contributed by atoms with van der Waals surface area (Å²) in [7, 11) is 2.96. The lowest BCUT2D eigenvalue weighted by Gasteiger charge is -2.33. The summed E-state index contributed by atoms with van der Waals surface area (Å²) in [4.78, 5) is 25.1. The first kappa shape index (κ1) is 15.1. The van der Waals surface area contributed by atoms with E-state index in [2.05, 4.69) is 0 Å². The maximum absolute atomic E-state index is 12.6. The van der Waals surface area contributed by atoms with E-state index >= 15 is 0 Å². The molecule has 1 heterocycles. The molecule has 7 nitrogen and oxygen atoms in total. The van der Waals surface area contributed by atoms with E-state index in [9.17, 15) is 14.7 Å². The van der Waals surface area contributed by atoms with Crippen LogP contribution in [0.2, 0.25) is 0 Å². The molecule has 1 amide bonds. The Bertz CT molecular complexity index is 544. The molecule has 114 valence electrons. The number of benzene rings is 1. The number of amides is 1.